The van der Waals surface area contributed by atoms with Gasteiger partial charge in [0.25, 0.3) is 0 Å². The molecule has 0 atom stereocenters. The van der Waals surface area contributed by atoms with Gasteiger partial charge in [-0.05, 0) is 54.8 Å². The zero-order valence-electron chi connectivity index (χ0n) is 10.8. The van der Waals surface area contributed by atoms with Crippen LogP contribution in [0.15, 0.2) is 48.5 Å². The minimum absolute atomic E-state index is 0.553. The minimum Gasteiger partial charge on any atom is -0.489 e. The molecule has 0 radical (unpaired) electrons. The molecule has 0 bridgehead atoms. The molecule has 100 valence electrons. The summed E-state index contributed by atoms with van der Waals surface area (Å²) in [5.74, 6) is 0.893. The van der Waals surface area contributed by atoms with Crippen molar-refractivity contribution in [3.63, 3.8) is 0 Å². The Morgan fingerprint density at radius 3 is 2.53 bits per heavy atom. The van der Waals surface area contributed by atoms with Gasteiger partial charge in [0, 0.05) is 5.02 Å². The Labute approximate surface area is 119 Å². The lowest BCUT2D eigenvalue weighted by molar-refractivity contribution is 0.306. The van der Waals surface area contributed by atoms with Crippen LogP contribution in [0.2, 0.25) is 5.02 Å². The van der Waals surface area contributed by atoms with Gasteiger partial charge in [-0.15, -0.1) is 0 Å². The summed E-state index contributed by atoms with van der Waals surface area (Å²) >= 11 is 5.85. The number of aryl methyl sites for hydroxylation is 1. The Balaban J connectivity index is 1.93. The maximum Gasteiger partial charge on any atom is 0.120 e. The Morgan fingerprint density at radius 2 is 1.79 bits per heavy atom. The number of nitrogens with two attached hydrogens (primary N) is 1. The lowest BCUT2D eigenvalue weighted by Crippen LogP contribution is -2.00. The van der Waals surface area contributed by atoms with E-state index in [1.807, 2.05) is 36.4 Å². The highest BCUT2D eigenvalue weighted by Gasteiger charge is 1.98. The molecule has 0 unspecified atom stereocenters. The Hall–Kier alpha value is -1.51. The lowest BCUT2D eigenvalue weighted by atomic mass is 10.1. The maximum absolute atomic E-state index is 5.85. The molecule has 0 aliphatic carbocycles. The molecule has 2 N–H and O–H groups in total. The average Bonchev–Trinajstić information content (AvgIpc) is 2.45. The van der Waals surface area contributed by atoms with Gasteiger partial charge in [0.1, 0.15) is 12.4 Å². The van der Waals surface area contributed by atoms with Crippen LogP contribution in [0, 0.1) is 0 Å². The molecule has 0 aliphatic rings. The molecule has 0 heterocycles. The molecule has 0 aliphatic heterocycles. The number of rotatable bonds is 6. The number of hydrogen-bond acceptors (Lipinski definition) is 2. The van der Waals surface area contributed by atoms with Crippen LogP contribution in [0.4, 0.5) is 0 Å². The summed E-state index contributed by atoms with van der Waals surface area (Å²) in [4.78, 5) is 0. The Kier molecular flexibility index (Phi) is 5.25. The fourth-order valence-electron chi connectivity index (χ4n) is 1.84. The van der Waals surface area contributed by atoms with E-state index in [2.05, 4.69) is 12.1 Å². The van der Waals surface area contributed by atoms with Gasteiger partial charge in [-0.3, -0.25) is 0 Å². The first-order chi connectivity index (χ1) is 9.28. The number of hydrogen-bond donors (Lipinski definition) is 1. The van der Waals surface area contributed by atoms with Crippen molar-refractivity contribution in [3.8, 4) is 5.75 Å². The van der Waals surface area contributed by atoms with Gasteiger partial charge in [-0.1, -0.05) is 35.9 Å². The third kappa shape index (κ3) is 4.58. The Morgan fingerprint density at radius 1 is 1.00 bits per heavy atom. The van der Waals surface area contributed by atoms with Crippen molar-refractivity contribution in [1.82, 2.24) is 0 Å². The van der Waals surface area contributed by atoms with E-state index in [4.69, 9.17) is 22.1 Å². The van der Waals surface area contributed by atoms with E-state index in [1.54, 1.807) is 0 Å². The van der Waals surface area contributed by atoms with Crippen molar-refractivity contribution in [1.29, 1.82) is 0 Å². The van der Waals surface area contributed by atoms with E-state index in [0.29, 0.717) is 6.61 Å². The van der Waals surface area contributed by atoms with Crippen LogP contribution < -0.4 is 10.5 Å². The van der Waals surface area contributed by atoms with Crippen molar-refractivity contribution in [2.24, 2.45) is 5.73 Å². The summed E-state index contributed by atoms with van der Waals surface area (Å²) in [6.07, 6.45) is 2.00. The van der Waals surface area contributed by atoms with Gasteiger partial charge in [-0.25, -0.2) is 0 Å². The molecule has 0 saturated carbocycles. The minimum atomic E-state index is 0.553. The Bertz CT molecular complexity index is 510. The van der Waals surface area contributed by atoms with Gasteiger partial charge >= 0.3 is 0 Å². The largest absolute Gasteiger partial charge is 0.489 e. The smallest absolute Gasteiger partial charge is 0.120 e. The molecule has 2 rings (SSSR count). The predicted molar refractivity (Wildman–Crippen MR) is 79.6 cm³/mol. The summed E-state index contributed by atoms with van der Waals surface area (Å²) < 4.78 is 5.78. The molecule has 0 amide bonds. The summed E-state index contributed by atoms with van der Waals surface area (Å²) in [5, 5.41) is 0.743. The average molecular weight is 276 g/mol. The normalized spacial score (nSPS) is 10.4. The number of benzene rings is 2. The third-order valence-electron chi connectivity index (χ3n) is 2.89. The van der Waals surface area contributed by atoms with Crippen LogP contribution in [0.5, 0.6) is 5.75 Å². The molecule has 0 fully saturated rings. The first-order valence-corrected chi connectivity index (χ1v) is 6.82. The highest BCUT2D eigenvalue weighted by Crippen LogP contribution is 2.17. The van der Waals surface area contributed by atoms with Crippen LogP contribution in [-0.2, 0) is 13.0 Å². The van der Waals surface area contributed by atoms with Crippen LogP contribution in [0.1, 0.15) is 17.5 Å². The summed E-state index contributed by atoms with van der Waals surface area (Å²) in [6.45, 7) is 1.27. The first-order valence-electron chi connectivity index (χ1n) is 6.44. The van der Waals surface area contributed by atoms with Crippen molar-refractivity contribution < 1.29 is 4.74 Å². The zero-order valence-corrected chi connectivity index (χ0v) is 11.6. The van der Waals surface area contributed by atoms with E-state index in [-0.39, 0.29) is 0 Å². The monoisotopic (exact) mass is 275 g/mol. The first kappa shape index (κ1) is 13.9. The van der Waals surface area contributed by atoms with Crippen LogP contribution >= 0.6 is 11.6 Å². The predicted octanol–water partition coefficient (Wildman–Crippen LogP) is 3.81. The van der Waals surface area contributed by atoms with Crippen LogP contribution in [-0.4, -0.2) is 6.54 Å². The molecule has 0 saturated heterocycles. The fraction of sp³-hybridized carbons (Fsp3) is 0.250. The van der Waals surface area contributed by atoms with Crippen molar-refractivity contribution >= 4 is 11.6 Å². The van der Waals surface area contributed by atoms with Crippen LogP contribution in [0.25, 0.3) is 0 Å². The lowest BCUT2D eigenvalue weighted by Gasteiger charge is -2.08. The van der Waals surface area contributed by atoms with Gasteiger partial charge in [0.05, 0.1) is 0 Å². The second kappa shape index (κ2) is 7.17. The fourth-order valence-corrected chi connectivity index (χ4v) is 1.97. The topological polar surface area (TPSA) is 35.2 Å². The summed E-state index contributed by atoms with van der Waals surface area (Å²) in [5.41, 5.74) is 7.89. The summed E-state index contributed by atoms with van der Waals surface area (Å²) in [6, 6.07) is 15.9. The number of ether oxygens (including phenoxy) is 1. The SMILES string of the molecule is NCCCc1cccc(OCc2ccc(Cl)cc2)c1. The molecule has 3 heteroatoms. The standard InChI is InChI=1S/C16H18ClNO/c17-15-8-6-14(7-9-15)12-19-16-5-1-3-13(11-16)4-2-10-18/h1,3,5-9,11H,2,4,10,12,18H2. The second-order valence-corrected chi connectivity index (χ2v) is 4.89. The van der Waals surface area contributed by atoms with E-state index in [1.165, 1.54) is 5.56 Å². The van der Waals surface area contributed by atoms with Crippen molar-refractivity contribution in [2.45, 2.75) is 19.4 Å². The van der Waals surface area contributed by atoms with E-state index in [0.717, 1.165) is 35.7 Å². The molecule has 2 aromatic carbocycles. The second-order valence-electron chi connectivity index (χ2n) is 4.45. The third-order valence-corrected chi connectivity index (χ3v) is 3.14. The van der Waals surface area contributed by atoms with E-state index in [9.17, 15) is 0 Å². The molecule has 2 nitrogen and oxygen atoms in total. The van der Waals surface area contributed by atoms with Crippen LogP contribution in [0.3, 0.4) is 0 Å². The van der Waals surface area contributed by atoms with Gasteiger partial charge in [0.2, 0.25) is 0 Å². The highest BCUT2D eigenvalue weighted by atomic mass is 35.5. The highest BCUT2D eigenvalue weighted by molar-refractivity contribution is 6.30. The van der Waals surface area contributed by atoms with Crippen molar-refractivity contribution in [2.75, 3.05) is 6.54 Å². The van der Waals surface area contributed by atoms with E-state index >= 15 is 0 Å². The van der Waals surface area contributed by atoms with Crippen molar-refractivity contribution in [3.05, 3.63) is 64.7 Å². The van der Waals surface area contributed by atoms with Gasteiger partial charge < -0.3 is 10.5 Å². The molecule has 0 spiro atoms. The number of halogens is 1. The molecule has 2 aromatic rings. The van der Waals surface area contributed by atoms with Gasteiger partial charge in [-0.2, -0.15) is 0 Å². The van der Waals surface area contributed by atoms with Gasteiger partial charge in [0.15, 0.2) is 0 Å². The molecule has 0 aromatic heterocycles. The summed E-state index contributed by atoms with van der Waals surface area (Å²) in [7, 11) is 0. The molecule has 19 heavy (non-hydrogen) atoms. The zero-order chi connectivity index (χ0) is 13.5. The molecular weight excluding hydrogens is 258 g/mol. The maximum atomic E-state index is 5.85. The van der Waals surface area contributed by atoms with E-state index < -0.39 is 0 Å². The molecular formula is C16H18ClNO. The quantitative estimate of drug-likeness (QED) is 0.870.